The lowest BCUT2D eigenvalue weighted by Gasteiger charge is -2.08. The highest BCUT2D eigenvalue weighted by atomic mass is 35.5. The van der Waals surface area contributed by atoms with E-state index in [9.17, 15) is 9.59 Å². The van der Waals surface area contributed by atoms with Gasteiger partial charge >= 0.3 is 0 Å². The minimum atomic E-state index is -0.278. The van der Waals surface area contributed by atoms with Crippen LogP contribution in [0.2, 0.25) is 5.02 Å². The fraction of sp³-hybridized carbons (Fsp3) is 0. The lowest BCUT2D eigenvalue weighted by molar-refractivity contribution is 0.102. The zero-order chi connectivity index (χ0) is 17.6. The minimum absolute atomic E-state index is 0.240. The zero-order valence-corrected chi connectivity index (χ0v) is 13.8. The molecule has 2 N–H and O–H groups in total. The van der Waals surface area contributed by atoms with E-state index in [2.05, 4.69) is 15.6 Å². The van der Waals surface area contributed by atoms with Crippen LogP contribution in [0.3, 0.4) is 0 Å². The molecule has 0 atom stereocenters. The summed E-state index contributed by atoms with van der Waals surface area (Å²) in [5.41, 5.74) is 2.11. The molecule has 1 heterocycles. The van der Waals surface area contributed by atoms with Gasteiger partial charge in [-0.3, -0.25) is 14.6 Å². The molecule has 1 aromatic heterocycles. The fourth-order valence-electron chi connectivity index (χ4n) is 2.17. The summed E-state index contributed by atoms with van der Waals surface area (Å²) in [7, 11) is 0. The lowest BCUT2D eigenvalue weighted by Crippen LogP contribution is -2.14. The van der Waals surface area contributed by atoms with Crippen LogP contribution in [-0.2, 0) is 0 Å². The Morgan fingerprint density at radius 2 is 1.36 bits per heavy atom. The molecule has 3 aromatic rings. The number of anilines is 2. The maximum absolute atomic E-state index is 12.3. The molecule has 124 valence electrons. The van der Waals surface area contributed by atoms with Gasteiger partial charge in [-0.25, -0.2) is 0 Å². The standard InChI is InChI=1S/C19H14ClN3O2/c20-16-3-1-2-4-17(16)23-19(25)13-5-7-15(8-6-13)22-18(24)14-9-11-21-12-10-14/h1-12H,(H,22,24)(H,23,25). The van der Waals surface area contributed by atoms with Crippen LogP contribution in [0.5, 0.6) is 0 Å². The number of pyridine rings is 1. The number of nitrogens with one attached hydrogen (secondary N) is 2. The van der Waals surface area contributed by atoms with Crippen molar-refractivity contribution in [2.75, 3.05) is 10.6 Å². The van der Waals surface area contributed by atoms with Gasteiger partial charge in [0.2, 0.25) is 0 Å². The number of halogens is 1. The first-order chi connectivity index (χ1) is 12.1. The predicted molar refractivity (Wildman–Crippen MR) is 98.0 cm³/mol. The van der Waals surface area contributed by atoms with E-state index >= 15 is 0 Å². The summed E-state index contributed by atoms with van der Waals surface area (Å²) in [6.07, 6.45) is 3.11. The molecule has 0 bridgehead atoms. The first-order valence-corrected chi connectivity index (χ1v) is 7.88. The van der Waals surface area contributed by atoms with Crippen molar-refractivity contribution >= 4 is 34.8 Å². The first kappa shape index (κ1) is 16.7. The number of hydrogen-bond donors (Lipinski definition) is 2. The Labute approximate surface area is 149 Å². The van der Waals surface area contributed by atoms with Crippen molar-refractivity contribution in [1.29, 1.82) is 0 Å². The van der Waals surface area contributed by atoms with Gasteiger partial charge in [-0.1, -0.05) is 23.7 Å². The van der Waals surface area contributed by atoms with Gasteiger partial charge in [0.15, 0.2) is 0 Å². The summed E-state index contributed by atoms with van der Waals surface area (Å²) in [5.74, 6) is -0.518. The van der Waals surface area contributed by atoms with Crippen LogP contribution in [0.1, 0.15) is 20.7 Å². The summed E-state index contributed by atoms with van der Waals surface area (Å²) < 4.78 is 0. The smallest absolute Gasteiger partial charge is 0.255 e. The van der Waals surface area contributed by atoms with Gasteiger partial charge < -0.3 is 10.6 Å². The molecule has 0 fully saturated rings. The third-order valence-electron chi connectivity index (χ3n) is 3.47. The van der Waals surface area contributed by atoms with Crippen LogP contribution in [0, 0.1) is 0 Å². The highest BCUT2D eigenvalue weighted by Crippen LogP contribution is 2.21. The summed E-state index contributed by atoms with van der Waals surface area (Å²) in [6, 6.07) is 16.9. The molecular formula is C19H14ClN3O2. The fourth-order valence-corrected chi connectivity index (χ4v) is 2.35. The number of amides is 2. The molecule has 3 rings (SSSR count). The van der Waals surface area contributed by atoms with Crippen molar-refractivity contribution in [3.8, 4) is 0 Å². The second-order valence-electron chi connectivity index (χ2n) is 5.20. The molecule has 6 heteroatoms. The summed E-state index contributed by atoms with van der Waals surface area (Å²) in [5, 5.41) is 5.98. The highest BCUT2D eigenvalue weighted by Gasteiger charge is 2.09. The second-order valence-corrected chi connectivity index (χ2v) is 5.61. The van der Waals surface area contributed by atoms with Crippen molar-refractivity contribution in [2.45, 2.75) is 0 Å². The Morgan fingerprint density at radius 3 is 2.04 bits per heavy atom. The van der Waals surface area contributed by atoms with Crippen LogP contribution in [0.4, 0.5) is 11.4 Å². The van der Waals surface area contributed by atoms with Gasteiger partial charge in [0, 0.05) is 29.2 Å². The van der Waals surface area contributed by atoms with E-state index in [0.717, 1.165) is 0 Å². The third kappa shape index (κ3) is 4.22. The third-order valence-corrected chi connectivity index (χ3v) is 3.80. The van der Waals surface area contributed by atoms with E-state index < -0.39 is 0 Å². The van der Waals surface area contributed by atoms with E-state index in [4.69, 9.17) is 11.6 Å². The zero-order valence-electron chi connectivity index (χ0n) is 13.1. The summed E-state index contributed by atoms with van der Waals surface area (Å²) in [6.45, 7) is 0. The van der Waals surface area contributed by atoms with E-state index in [-0.39, 0.29) is 11.8 Å². The summed E-state index contributed by atoms with van der Waals surface area (Å²) in [4.78, 5) is 28.2. The molecular weight excluding hydrogens is 338 g/mol. The van der Waals surface area contributed by atoms with Crippen LogP contribution < -0.4 is 10.6 Å². The molecule has 2 amide bonds. The Bertz CT molecular complexity index is 896. The molecule has 2 aromatic carbocycles. The SMILES string of the molecule is O=C(Nc1ccc(C(=O)Nc2ccccc2Cl)cc1)c1ccncc1. The molecule has 0 saturated heterocycles. The number of para-hydroxylation sites is 1. The largest absolute Gasteiger partial charge is 0.322 e. The maximum Gasteiger partial charge on any atom is 0.255 e. The topological polar surface area (TPSA) is 71.1 Å². The van der Waals surface area contributed by atoms with Crippen molar-refractivity contribution in [2.24, 2.45) is 0 Å². The van der Waals surface area contributed by atoms with Crippen molar-refractivity contribution in [3.63, 3.8) is 0 Å². The summed E-state index contributed by atoms with van der Waals surface area (Å²) >= 11 is 6.03. The number of hydrogen-bond acceptors (Lipinski definition) is 3. The lowest BCUT2D eigenvalue weighted by atomic mass is 10.1. The van der Waals surface area contributed by atoms with Crippen LogP contribution in [-0.4, -0.2) is 16.8 Å². The van der Waals surface area contributed by atoms with Crippen LogP contribution in [0.25, 0.3) is 0 Å². The van der Waals surface area contributed by atoms with Gasteiger partial charge in [0.05, 0.1) is 10.7 Å². The monoisotopic (exact) mass is 351 g/mol. The van der Waals surface area contributed by atoms with E-state index in [1.54, 1.807) is 73.1 Å². The van der Waals surface area contributed by atoms with Gasteiger partial charge in [0.1, 0.15) is 0 Å². The average Bonchev–Trinajstić information content (AvgIpc) is 2.65. The molecule has 0 aliphatic rings. The Morgan fingerprint density at radius 1 is 0.760 bits per heavy atom. The van der Waals surface area contributed by atoms with Gasteiger partial charge in [-0.2, -0.15) is 0 Å². The highest BCUT2D eigenvalue weighted by molar-refractivity contribution is 6.33. The number of nitrogens with zero attached hydrogens (tertiary/aromatic N) is 1. The number of aromatic nitrogens is 1. The number of carbonyl (C=O) groups excluding carboxylic acids is 2. The van der Waals surface area contributed by atoms with Gasteiger partial charge in [-0.15, -0.1) is 0 Å². The second kappa shape index (κ2) is 7.59. The van der Waals surface area contributed by atoms with Crippen LogP contribution >= 0.6 is 11.6 Å². The Kier molecular flexibility index (Phi) is 5.06. The molecule has 0 saturated carbocycles. The quantitative estimate of drug-likeness (QED) is 0.738. The number of carbonyl (C=O) groups is 2. The normalized spacial score (nSPS) is 10.1. The molecule has 0 radical (unpaired) electrons. The molecule has 25 heavy (non-hydrogen) atoms. The Balaban J connectivity index is 1.67. The van der Waals surface area contributed by atoms with Gasteiger partial charge in [0.25, 0.3) is 11.8 Å². The van der Waals surface area contributed by atoms with Crippen molar-refractivity contribution < 1.29 is 9.59 Å². The minimum Gasteiger partial charge on any atom is -0.322 e. The molecule has 0 aliphatic heterocycles. The molecule has 0 spiro atoms. The number of rotatable bonds is 4. The molecule has 0 unspecified atom stereocenters. The van der Waals surface area contributed by atoms with Crippen LogP contribution in [0.15, 0.2) is 73.1 Å². The first-order valence-electron chi connectivity index (χ1n) is 7.51. The van der Waals surface area contributed by atoms with Crippen molar-refractivity contribution in [1.82, 2.24) is 4.98 Å². The Hall–Kier alpha value is -3.18. The van der Waals surface area contributed by atoms with E-state index in [0.29, 0.717) is 27.5 Å². The van der Waals surface area contributed by atoms with Crippen molar-refractivity contribution in [3.05, 3.63) is 89.2 Å². The van der Waals surface area contributed by atoms with Gasteiger partial charge in [-0.05, 0) is 48.5 Å². The predicted octanol–water partition coefficient (Wildman–Crippen LogP) is 4.24. The van der Waals surface area contributed by atoms with E-state index in [1.807, 2.05) is 0 Å². The molecule has 0 aliphatic carbocycles. The molecule has 5 nitrogen and oxygen atoms in total. The maximum atomic E-state index is 12.3. The average molecular weight is 352 g/mol. The number of benzene rings is 2. The van der Waals surface area contributed by atoms with E-state index in [1.165, 1.54) is 0 Å².